The van der Waals surface area contributed by atoms with E-state index in [1.54, 1.807) is 0 Å². The average molecular weight is 143 g/mol. The highest BCUT2D eigenvalue weighted by Crippen LogP contribution is 2.26. The largest absolute Gasteiger partial charge is 0.393 e. The number of alkyl halides is 1. The lowest BCUT2D eigenvalue weighted by molar-refractivity contribution is 0.0646. The molecule has 3 atom stereocenters. The molecule has 1 N–H and O–H groups in total. The first-order valence-electron chi connectivity index (χ1n) is 3.46. The van der Waals surface area contributed by atoms with Gasteiger partial charge in [0.05, 0.1) is 18.1 Å². The summed E-state index contributed by atoms with van der Waals surface area (Å²) in [5.41, 5.74) is 0. The van der Waals surface area contributed by atoms with E-state index in [-0.39, 0.29) is 6.42 Å². The van der Waals surface area contributed by atoms with Crippen molar-refractivity contribution in [3.8, 4) is 6.07 Å². The van der Waals surface area contributed by atoms with Crippen LogP contribution in [0.15, 0.2) is 0 Å². The van der Waals surface area contributed by atoms with Crippen LogP contribution in [0.1, 0.15) is 19.3 Å². The van der Waals surface area contributed by atoms with Gasteiger partial charge in [0.1, 0.15) is 6.17 Å². The van der Waals surface area contributed by atoms with Crippen LogP contribution in [0.2, 0.25) is 0 Å². The van der Waals surface area contributed by atoms with Gasteiger partial charge in [-0.3, -0.25) is 0 Å². The van der Waals surface area contributed by atoms with E-state index in [0.29, 0.717) is 12.8 Å². The Morgan fingerprint density at radius 1 is 1.50 bits per heavy atom. The molecule has 0 saturated heterocycles. The number of nitriles is 1. The monoisotopic (exact) mass is 143 g/mol. The van der Waals surface area contributed by atoms with E-state index in [0.717, 1.165) is 0 Å². The number of nitrogens with zero attached hydrogens (tertiary/aromatic N) is 1. The quantitative estimate of drug-likeness (QED) is 0.550. The van der Waals surface area contributed by atoms with E-state index in [2.05, 4.69) is 0 Å². The zero-order valence-electron chi connectivity index (χ0n) is 5.63. The molecule has 0 aliphatic heterocycles. The van der Waals surface area contributed by atoms with E-state index < -0.39 is 18.2 Å². The predicted octanol–water partition coefficient (Wildman–Crippen LogP) is 1.01. The Hall–Kier alpha value is -0.620. The van der Waals surface area contributed by atoms with Gasteiger partial charge in [0.2, 0.25) is 0 Å². The zero-order chi connectivity index (χ0) is 7.56. The summed E-state index contributed by atoms with van der Waals surface area (Å²) in [5.74, 6) is -0.483. The molecule has 0 radical (unpaired) electrons. The van der Waals surface area contributed by atoms with Crippen molar-refractivity contribution in [1.82, 2.24) is 0 Å². The molecule has 1 aliphatic rings. The SMILES string of the molecule is N#CC1CCC(O)CC1F. The van der Waals surface area contributed by atoms with Crippen LogP contribution in [0.3, 0.4) is 0 Å². The summed E-state index contributed by atoms with van der Waals surface area (Å²) in [6.45, 7) is 0. The molecule has 0 aromatic rings. The fraction of sp³-hybridized carbons (Fsp3) is 0.857. The maximum Gasteiger partial charge on any atom is 0.118 e. The van der Waals surface area contributed by atoms with E-state index in [1.807, 2.05) is 6.07 Å². The molecule has 2 nitrogen and oxygen atoms in total. The first-order valence-corrected chi connectivity index (χ1v) is 3.46. The summed E-state index contributed by atoms with van der Waals surface area (Å²) in [6, 6.07) is 1.89. The van der Waals surface area contributed by atoms with Gasteiger partial charge >= 0.3 is 0 Å². The van der Waals surface area contributed by atoms with Crippen LogP contribution in [0.4, 0.5) is 4.39 Å². The standard InChI is InChI=1S/C7H10FNO/c8-7-3-6(10)2-1-5(7)4-9/h5-7,10H,1-3H2. The molecule has 1 rings (SSSR count). The topological polar surface area (TPSA) is 44.0 Å². The molecule has 0 heterocycles. The molecule has 0 spiro atoms. The molecule has 0 aromatic carbocycles. The lowest BCUT2D eigenvalue weighted by Crippen LogP contribution is -2.27. The lowest BCUT2D eigenvalue weighted by atomic mass is 9.87. The summed E-state index contributed by atoms with van der Waals surface area (Å²) >= 11 is 0. The minimum absolute atomic E-state index is 0.137. The highest BCUT2D eigenvalue weighted by molar-refractivity contribution is 4.93. The molecular formula is C7H10FNO. The van der Waals surface area contributed by atoms with E-state index in [4.69, 9.17) is 10.4 Å². The minimum Gasteiger partial charge on any atom is -0.393 e. The van der Waals surface area contributed by atoms with Crippen molar-refractivity contribution >= 4 is 0 Å². The number of aliphatic hydroxyl groups excluding tert-OH is 1. The summed E-state index contributed by atoms with van der Waals surface area (Å²) in [5, 5.41) is 17.3. The van der Waals surface area contributed by atoms with Crippen molar-refractivity contribution in [3.05, 3.63) is 0 Å². The summed E-state index contributed by atoms with van der Waals surface area (Å²) in [7, 11) is 0. The van der Waals surface area contributed by atoms with Gasteiger partial charge < -0.3 is 5.11 Å². The average Bonchev–Trinajstić information content (AvgIpc) is 1.88. The highest BCUT2D eigenvalue weighted by atomic mass is 19.1. The van der Waals surface area contributed by atoms with Gasteiger partial charge in [0, 0.05) is 6.42 Å². The Bertz CT molecular complexity index is 154. The number of halogens is 1. The fourth-order valence-corrected chi connectivity index (χ4v) is 1.24. The maximum atomic E-state index is 12.7. The number of aliphatic hydroxyl groups is 1. The summed E-state index contributed by atoms with van der Waals surface area (Å²) in [6.07, 6.45) is -0.441. The van der Waals surface area contributed by atoms with Crippen LogP contribution in [0.5, 0.6) is 0 Å². The molecular weight excluding hydrogens is 133 g/mol. The maximum absolute atomic E-state index is 12.7. The van der Waals surface area contributed by atoms with Crippen LogP contribution in [-0.2, 0) is 0 Å². The Morgan fingerprint density at radius 3 is 2.70 bits per heavy atom. The predicted molar refractivity (Wildman–Crippen MR) is 33.9 cm³/mol. The summed E-state index contributed by atoms with van der Waals surface area (Å²) in [4.78, 5) is 0. The third kappa shape index (κ3) is 1.45. The van der Waals surface area contributed by atoms with Crippen LogP contribution < -0.4 is 0 Å². The van der Waals surface area contributed by atoms with Crippen molar-refractivity contribution in [2.24, 2.45) is 5.92 Å². The number of rotatable bonds is 0. The van der Waals surface area contributed by atoms with E-state index in [1.165, 1.54) is 0 Å². The lowest BCUT2D eigenvalue weighted by Gasteiger charge is -2.23. The molecule has 1 aliphatic carbocycles. The molecule has 1 fully saturated rings. The molecule has 10 heavy (non-hydrogen) atoms. The fourth-order valence-electron chi connectivity index (χ4n) is 1.24. The smallest absolute Gasteiger partial charge is 0.118 e. The molecule has 1 saturated carbocycles. The Kier molecular flexibility index (Phi) is 2.23. The van der Waals surface area contributed by atoms with E-state index >= 15 is 0 Å². The van der Waals surface area contributed by atoms with E-state index in [9.17, 15) is 4.39 Å². The second-order valence-electron chi connectivity index (χ2n) is 2.72. The van der Waals surface area contributed by atoms with Crippen molar-refractivity contribution in [2.45, 2.75) is 31.5 Å². The van der Waals surface area contributed by atoms with Gasteiger partial charge in [-0.15, -0.1) is 0 Å². The second-order valence-corrected chi connectivity index (χ2v) is 2.72. The van der Waals surface area contributed by atoms with Crippen LogP contribution >= 0.6 is 0 Å². The van der Waals surface area contributed by atoms with Crippen molar-refractivity contribution in [3.63, 3.8) is 0 Å². The number of hydrogen-bond acceptors (Lipinski definition) is 2. The Balaban J connectivity index is 2.45. The first-order chi connectivity index (χ1) is 4.74. The molecule has 3 unspecified atom stereocenters. The number of hydrogen-bond donors (Lipinski definition) is 1. The third-order valence-corrected chi connectivity index (χ3v) is 1.91. The van der Waals surface area contributed by atoms with Crippen molar-refractivity contribution < 1.29 is 9.50 Å². The van der Waals surface area contributed by atoms with Gasteiger partial charge in [-0.05, 0) is 12.8 Å². The Morgan fingerprint density at radius 2 is 2.20 bits per heavy atom. The minimum atomic E-state index is -1.12. The molecule has 0 bridgehead atoms. The molecule has 0 amide bonds. The molecule has 3 heteroatoms. The third-order valence-electron chi connectivity index (χ3n) is 1.91. The van der Waals surface area contributed by atoms with Crippen LogP contribution in [0.25, 0.3) is 0 Å². The summed E-state index contributed by atoms with van der Waals surface area (Å²) < 4.78 is 12.7. The van der Waals surface area contributed by atoms with Crippen molar-refractivity contribution in [1.29, 1.82) is 5.26 Å². The Labute approximate surface area is 59.3 Å². The first kappa shape index (κ1) is 7.49. The van der Waals surface area contributed by atoms with Gasteiger partial charge in [0.15, 0.2) is 0 Å². The van der Waals surface area contributed by atoms with Gasteiger partial charge in [-0.25, -0.2) is 4.39 Å². The normalized spacial score (nSPS) is 40.7. The molecule has 56 valence electrons. The second kappa shape index (κ2) is 2.98. The molecule has 0 aromatic heterocycles. The van der Waals surface area contributed by atoms with Gasteiger partial charge in [-0.2, -0.15) is 5.26 Å². The van der Waals surface area contributed by atoms with Crippen LogP contribution in [0, 0.1) is 17.2 Å². The van der Waals surface area contributed by atoms with Crippen LogP contribution in [-0.4, -0.2) is 17.4 Å². The van der Waals surface area contributed by atoms with Gasteiger partial charge in [0.25, 0.3) is 0 Å². The van der Waals surface area contributed by atoms with Crippen molar-refractivity contribution in [2.75, 3.05) is 0 Å². The highest BCUT2D eigenvalue weighted by Gasteiger charge is 2.28. The zero-order valence-corrected chi connectivity index (χ0v) is 5.63. The van der Waals surface area contributed by atoms with Gasteiger partial charge in [-0.1, -0.05) is 0 Å².